The van der Waals surface area contributed by atoms with Crippen LogP contribution in [0.3, 0.4) is 0 Å². The summed E-state index contributed by atoms with van der Waals surface area (Å²) in [5.74, 6) is 1.36. The molecule has 1 aromatic carbocycles. The monoisotopic (exact) mass is 318 g/mol. The molecule has 6 heteroatoms. The number of hydrogen-bond acceptors (Lipinski definition) is 4. The van der Waals surface area contributed by atoms with Crippen molar-refractivity contribution >= 4 is 27.3 Å². The topological polar surface area (TPSA) is 65.4 Å². The molecule has 5 nitrogen and oxygen atoms in total. The lowest BCUT2D eigenvalue weighted by Crippen LogP contribution is -1.98. The molecule has 0 spiro atoms. The molecule has 2 aromatic heterocycles. The van der Waals surface area contributed by atoms with Crippen molar-refractivity contribution in [3.05, 3.63) is 52.9 Å². The molecule has 0 aliphatic carbocycles. The van der Waals surface area contributed by atoms with Crippen LogP contribution in [0.2, 0.25) is 0 Å². The first-order valence-electron chi connectivity index (χ1n) is 5.70. The fourth-order valence-corrected chi connectivity index (χ4v) is 2.12. The van der Waals surface area contributed by atoms with Gasteiger partial charge in [-0.3, -0.25) is 0 Å². The van der Waals surface area contributed by atoms with Crippen molar-refractivity contribution in [2.24, 2.45) is 0 Å². The van der Waals surface area contributed by atoms with Gasteiger partial charge in [0.05, 0.1) is 5.69 Å². The summed E-state index contributed by atoms with van der Waals surface area (Å²) in [6.07, 6.45) is 1.81. The molecule has 2 heterocycles. The normalized spacial score (nSPS) is 10.8. The highest BCUT2D eigenvalue weighted by Gasteiger charge is 2.06. The van der Waals surface area contributed by atoms with Crippen LogP contribution in [-0.2, 0) is 6.61 Å². The summed E-state index contributed by atoms with van der Waals surface area (Å²) in [5, 5.41) is 4.30. The number of halogens is 1. The second-order valence-corrected chi connectivity index (χ2v) is 4.92. The van der Waals surface area contributed by atoms with E-state index in [1.165, 1.54) is 0 Å². The third-order valence-corrected chi connectivity index (χ3v) is 3.09. The summed E-state index contributed by atoms with van der Waals surface area (Å²) in [6, 6.07) is 11.3. The van der Waals surface area contributed by atoms with Gasteiger partial charge in [-0.2, -0.15) is 0 Å². The molecule has 0 radical (unpaired) electrons. The number of anilines is 1. The van der Waals surface area contributed by atoms with Gasteiger partial charge in [0, 0.05) is 10.7 Å². The largest absolute Gasteiger partial charge is 0.485 e. The zero-order chi connectivity index (χ0) is 13.2. The SMILES string of the molecule is Nc1cccn2nc(COc3cccc(Br)c3)nc12. The van der Waals surface area contributed by atoms with Gasteiger partial charge >= 0.3 is 0 Å². The van der Waals surface area contributed by atoms with Crippen LogP contribution in [0.15, 0.2) is 47.1 Å². The lowest BCUT2D eigenvalue weighted by atomic mass is 10.3. The maximum atomic E-state index is 5.83. The maximum Gasteiger partial charge on any atom is 0.189 e. The van der Waals surface area contributed by atoms with Crippen molar-refractivity contribution in [3.63, 3.8) is 0 Å². The highest BCUT2D eigenvalue weighted by molar-refractivity contribution is 9.10. The molecule has 96 valence electrons. The van der Waals surface area contributed by atoms with E-state index in [2.05, 4.69) is 26.0 Å². The molecule has 3 aromatic rings. The third-order valence-electron chi connectivity index (χ3n) is 2.60. The molecule has 0 atom stereocenters. The molecule has 0 aliphatic rings. The Bertz CT molecular complexity index is 725. The maximum absolute atomic E-state index is 5.83. The number of aromatic nitrogens is 3. The highest BCUT2D eigenvalue weighted by atomic mass is 79.9. The Balaban J connectivity index is 1.80. The zero-order valence-corrected chi connectivity index (χ0v) is 11.5. The predicted molar refractivity (Wildman–Crippen MR) is 75.9 cm³/mol. The molecule has 0 amide bonds. The summed E-state index contributed by atoms with van der Waals surface area (Å²) in [6.45, 7) is 0.303. The van der Waals surface area contributed by atoms with Gasteiger partial charge in [0.15, 0.2) is 11.5 Å². The van der Waals surface area contributed by atoms with Gasteiger partial charge < -0.3 is 10.5 Å². The highest BCUT2D eigenvalue weighted by Crippen LogP contribution is 2.18. The van der Waals surface area contributed by atoms with Crippen molar-refractivity contribution in [1.29, 1.82) is 0 Å². The standard InChI is InChI=1S/C13H11BrN4O/c14-9-3-1-4-10(7-9)19-8-12-16-13-11(15)5-2-6-18(13)17-12/h1-7H,8,15H2. The van der Waals surface area contributed by atoms with E-state index in [4.69, 9.17) is 10.5 Å². The van der Waals surface area contributed by atoms with Gasteiger partial charge in [0.1, 0.15) is 12.4 Å². The third kappa shape index (κ3) is 2.53. The van der Waals surface area contributed by atoms with Crippen molar-refractivity contribution in [2.45, 2.75) is 6.61 Å². The Morgan fingerprint density at radius 1 is 1.26 bits per heavy atom. The lowest BCUT2D eigenvalue weighted by molar-refractivity contribution is 0.296. The summed E-state index contributed by atoms with van der Waals surface area (Å²) >= 11 is 3.39. The molecule has 2 N–H and O–H groups in total. The number of nitrogen functional groups attached to an aromatic ring is 1. The van der Waals surface area contributed by atoms with Crippen LogP contribution in [-0.4, -0.2) is 14.6 Å². The van der Waals surface area contributed by atoms with E-state index < -0.39 is 0 Å². The number of nitrogens with zero attached hydrogens (tertiary/aromatic N) is 3. The molecule has 0 bridgehead atoms. The smallest absolute Gasteiger partial charge is 0.189 e. The van der Waals surface area contributed by atoms with E-state index >= 15 is 0 Å². The molecule has 0 fully saturated rings. The van der Waals surface area contributed by atoms with Crippen molar-refractivity contribution < 1.29 is 4.74 Å². The summed E-state index contributed by atoms with van der Waals surface area (Å²) in [5.41, 5.74) is 7.08. The zero-order valence-electron chi connectivity index (χ0n) is 9.95. The van der Waals surface area contributed by atoms with E-state index in [0.717, 1.165) is 10.2 Å². The molecule has 0 saturated carbocycles. The Morgan fingerprint density at radius 2 is 2.16 bits per heavy atom. The molecule has 0 unspecified atom stereocenters. The fraction of sp³-hybridized carbons (Fsp3) is 0.0769. The summed E-state index contributed by atoms with van der Waals surface area (Å²) in [4.78, 5) is 4.34. The average Bonchev–Trinajstić information content (AvgIpc) is 2.81. The lowest BCUT2D eigenvalue weighted by Gasteiger charge is -2.03. The minimum atomic E-state index is 0.303. The van der Waals surface area contributed by atoms with Gasteiger partial charge in [-0.15, -0.1) is 5.10 Å². The van der Waals surface area contributed by atoms with Gasteiger partial charge in [0.2, 0.25) is 0 Å². The van der Waals surface area contributed by atoms with Gasteiger partial charge in [0.25, 0.3) is 0 Å². The number of pyridine rings is 1. The van der Waals surface area contributed by atoms with Crippen LogP contribution in [0.4, 0.5) is 5.69 Å². The van der Waals surface area contributed by atoms with Crippen molar-refractivity contribution in [2.75, 3.05) is 5.73 Å². The van der Waals surface area contributed by atoms with E-state index in [9.17, 15) is 0 Å². The van der Waals surface area contributed by atoms with E-state index in [1.54, 1.807) is 16.8 Å². The van der Waals surface area contributed by atoms with Gasteiger partial charge in [-0.1, -0.05) is 22.0 Å². The summed E-state index contributed by atoms with van der Waals surface area (Å²) in [7, 11) is 0. The predicted octanol–water partition coefficient (Wildman–Crippen LogP) is 2.65. The number of ether oxygens (including phenoxy) is 1. The first kappa shape index (κ1) is 12.0. The minimum absolute atomic E-state index is 0.303. The fourth-order valence-electron chi connectivity index (χ4n) is 1.74. The average molecular weight is 319 g/mol. The molecule has 0 saturated heterocycles. The first-order chi connectivity index (χ1) is 9.22. The van der Waals surface area contributed by atoms with Gasteiger partial charge in [-0.25, -0.2) is 9.50 Å². The quantitative estimate of drug-likeness (QED) is 0.806. The second kappa shape index (κ2) is 4.89. The van der Waals surface area contributed by atoms with E-state index in [0.29, 0.717) is 23.8 Å². The van der Waals surface area contributed by atoms with Crippen LogP contribution in [0.25, 0.3) is 5.65 Å². The molecule has 3 rings (SSSR count). The molecule has 19 heavy (non-hydrogen) atoms. The van der Waals surface area contributed by atoms with Crippen LogP contribution in [0.5, 0.6) is 5.75 Å². The second-order valence-electron chi connectivity index (χ2n) is 4.01. The minimum Gasteiger partial charge on any atom is -0.485 e. The number of hydrogen-bond donors (Lipinski definition) is 1. The number of nitrogens with two attached hydrogens (primary N) is 1. The Labute approximate surface area is 118 Å². The first-order valence-corrected chi connectivity index (χ1v) is 6.50. The van der Waals surface area contributed by atoms with Crippen LogP contribution in [0.1, 0.15) is 5.82 Å². The van der Waals surface area contributed by atoms with Crippen LogP contribution < -0.4 is 10.5 Å². The van der Waals surface area contributed by atoms with Crippen LogP contribution in [0, 0.1) is 0 Å². The summed E-state index contributed by atoms with van der Waals surface area (Å²) < 4.78 is 8.25. The van der Waals surface area contributed by atoms with E-state index in [-0.39, 0.29) is 0 Å². The van der Waals surface area contributed by atoms with Gasteiger partial charge in [-0.05, 0) is 30.3 Å². The molecular formula is C13H11BrN4O. The Morgan fingerprint density at radius 3 is 2.95 bits per heavy atom. The number of benzene rings is 1. The molecule has 0 aliphatic heterocycles. The van der Waals surface area contributed by atoms with Crippen LogP contribution >= 0.6 is 15.9 Å². The molecular weight excluding hydrogens is 308 g/mol. The van der Waals surface area contributed by atoms with E-state index in [1.807, 2.05) is 30.3 Å². The van der Waals surface area contributed by atoms with Crippen molar-refractivity contribution in [1.82, 2.24) is 14.6 Å². The Hall–Kier alpha value is -2.08. The van der Waals surface area contributed by atoms with Crippen molar-refractivity contribution in [3.8, 4) is 5.75 Å². The number of rotatable bonds is 3. The number of fused-ring (bicyclic) bond motifs is 1. The Kier molecular flexibility index (Phi) is 3.08.